The van der Waals surface area contributed by atoms with Crippen molar-refractivity contribution >= 4 is 40.1 Å². The van der Waals surface area contributed by atoms with Gasteiger partial charge in [0, 0.05) is 10.4 Å². The second-order valence-corrected chi connectivity index (χ2v) is 8.86. The van der Waals surface area contributed by atoms with Crippen LogP contribution in [0.3, 0.4) is 0 Å². The molecule has 1 aliphatic carbocycles. The Morgan fingerprint density at radius 3 is 2.44 bits per heavy atom. The molecule has 2 aromatic rings. The number of carbonyl (C=O) groups is 4. The van der Waals surface area contributed by atoms with Gasteiger partial charge < -0.3 is 20.5 Å². The van der Waals surface area contributed by atoms with Gasteiger partial charge in [-0.15, -0.1) is 11.3 Å². The van der Waals surface area contributed by atoms with Crippen molar-refractivity contribution in [2.75, 3.05) is 11.9 Å². The van der Waals surface area contributed by atoms with Crippen molar-refractivity contribution in [2.45, 2.75) is 46.1 Å². The number of anilines is 1. The molecule has 0 saturated heterocycles. The number of primary amides is 1. The van der Waals surface area contributed by atoms with Crippen LogP contribution in [-0.2, 0) is 27.1 Å². The number of nitrogens with two attached hydrogens (primary N) is 1. The molecule has 1 aromatic carbocycles. The molecule has 2 unspecified atom stereocenters. The maximum absolute atomic E-state index is 12.7. The van der Waals surface area contributed by atoms with Crippen LogP contribution in [0.4, 0.5) is 5.00 Å². The number of fused-ring (bicyclic) bond motifs is 1. The van der Waals surface area contributed by atoms with Gasteiger partial charge in [0.05, 0.1) is 17.7 Å². The summed E-state index contributed by atoms with van der Waals surface area (Å²) < 4.78 is 10.5. The zero-order valence-corrected chi connectivity index (χ0v) is 19.0. The molecule has 1 aromatic heterocycles. The van der Waals surface area contributed by atoms with Gasteiger partial charge in [-0.1, -0.05) is 6.92 Å². The summed E-state index contributed by atoms with van der Waals surface area (Å²) >= 11 is 1.37. The molecule has 3 N–H and O–H groups in total. The third-order valence-corrected chi connectivity index (χ3v) is 6.46. The van der Waals surface area contributed by atoms with E-state index in [0.29, 0.717) is 16.5 Å². The van der Waals surface area contributed by atoms with Crippen molar-refractivity contribution in [1.29, 1.82) is 0 Å². The topological polar surface area (TPSA) is 125 Å². The van der Waals surface area contributed by atoms with Crippen LogP contribution >= 0.6 is 11.3 Å². The molecule has 3 rings (SSSR count). The number of nitrogens with one attached hydrogen (secondary N) is 1. The van der Waals surface area contributed by atoms with Crippen molar-refractivity contribution < 1.29 is 28.7 Å². The maximum Gasteiger partial charge on any atom is 0.341 e. The van der Waals surface area contributed by atoms with Gasteiger partial charge in [-0.3, -0.25) is 9.59 Å². The fourth-order valence-electron chi connectivity index (χ4n) is 3.52. The van der Waals surface area contributed by atoms with Gasteiger partial charge in [0.1, 0.15) is 5.00 Å². The SMILES string of the molecule is CCOC(=O)c1c(NC(=O)C(C)OC(=O)c2ccc(C(N)=O)cc2)sc2c1CCC(C)C2. The average molecular weight is 459 g/mol. The molecule has 0 bridgehead atoms. The molecule has 2 atom stereocenters. The van der Waals surface area contributed by atoms with E-state index in [1.807, 2.05) is 0 Å². The summed E-state index contributed by atoms with van der Waals surface area (Å²) in [4.78, 5) is 49.9. The van der Waals surface area contributed by atoms with Crippen LogP contribution in [0.1, 0.15) is 68.7 Å². The van der Waals surface area contributed by atoms with Crippen molar-refractivity contribution in [3.05, 3.63) is 51.4 Å². The Balaban J connectivity index is 1.73. The van der Waals surface area contributed by atoms with Crippen molar-refractivity contribution in [1.82, 2.24) is 0 Å². The van der Waals surface area contributed by atoms with Gasteiger partial charge in [-0.25, -0.2) is 9.59 Å². The summed E-state index contributed by atoms with van der Waals surface area (Å²) in [5.74, 6) is -1.84. The van der Waals surface area contributed by atoms with E-state index in [1.54, 1.807) is 6.92 Å². The Morgan fingerprint density at radius 1 is 1.16 bits per heavy atom. The monoisotopic (exact) mass is 458 g/mol. The Morgan fingerprint density at radius 2 is 1.81 bits per heavy atom. The number of esters is 2. The summed E-state index contributed by atoms with van der Waals surface area (Å²) in [7, 11) is 0. The molecule has 32 heavy (non-hydrogen) atoms. The smallest absolute Gasteiger partial charge is 0.341 e. The van der Waals surface area contributed by atoms with Crippen LogP contribution in [0.15, 0.2) is 24.3 Å². The highest BCUT2D eigenvalue weighted by Crippen LogP contribution is 2.40. The fraction of sp³-hybridized carbons (Fsp3) is 0.391. The first-order chi connectivity index (χ1) is 15.2. The van der Waals surface area contributed by atoms with Crippen LogP contribution in [0.5, 0.6) is 0 Å². The quantitative estimate of drug-likeness (QED) is 0.613. The third kappa shape index (κ3) is 5.16. The molecule has 2 amide bonds. The second-order valence-electron chi connectivity index (χ2n) is 7.75. The number of amides is 2. The first-order valence-corrected chi connectivity index (χ1v) is 11.3. The first-order valence-electron chi connectivity index (χ1n) is 10.4. The molecule has 0 aliphatic heterocycles. The molecule has 8 nitrogen and oxygen atoms in total. The molecule has 170 valence electrons. The van der Waals surface area contributed by atoms with E-state index in [4.69, 9.17) is 15.2 Å². The lowest BCUT2D eigenvalue weighted by Gasteiger charge is -2.18. The number of rotatable bonds is 7. The summed E-state index contributed by atoms with van der Waals surface area (Å²) in [5, 5.41) is 3.16. The minimum atomic E-state index is -1.11. The lowest BCUT2D eigenvalue weighted by molar-refractivity contribution is -0.123. The zero-order valence-electron chi connectivity index (χ0n) is 18.2. The molecular weight excluding hydrogens is 432 g/mol. The third-order valence-electron chi connectivity index (χ3n) is 5.29. The molecule has 0 saturated carbocycles. The van der Waals surface area contributed by atoms with Crippen LogP contribution in [0.25, 0.3) is 0 Å². The molecule has 1 aliphatic rings. The number of benzene rings is 1. The van der Waals surface area contributed by atoms with Crippen LogP contribution in [-0.4, -0.2) is 36.5 Å². The lowest BCUT2D eigenvalue weighted by Crippen LogP contribution is -2.30. The molecule has 9 heteroatoms. The highest BCUT2D eigenvalue weighted by atomic mass is 32.1. The van der Waals surface area contributed by atoms with E-state index < -0.39 is 29.9 Å². The Kier molecular flexibility index (Phi) is 7.29. The van der Waals surface area contributed by atoms with Crippen LogP contribution < -0.4 is 11.1 Å². The largest absolute Gasteiger partial charge is 0.462 e. The van der Waals surface area contributed by atoms with Crippen molar-refractivity contribution in [3.63, 3.8) is 0 Å². The maximum atomic E-state index is 12.7. The number of thiophene rings is 1. The van der Waals surface area contributed by atoms with Gasteiger partial charge in [0.2, 0.25) is 5.91 Å². The van der Waals surface area contributed by atoms with Crippen LogP contribution in [0.2, 0.25) is 0 Å². The van der Waals surface area contributed by atoms with Crippen LogP contribution in [0, 0.1) is 5.92 Å². The summed E-state index contributed by atoms with van der Waals surface area (Å²) in [6, 6.07) is 5.62. The average Bonchev–Trinajstić information content (AvgIpc) is 3.10. The predicted molar refractivity (Wildman–Crippen MR) is 120 cm³/mol. The van der Waals surface area contributed by atoms with E-state index >= 15 is 0 Å². The van der Waals surface area contributed by atoms with E-state index in [9.17, 15) is 19.2 Å². The van der Waals surface area contributed by atoms with Gasteiger partial charge in [-0.2, -0.15) is 0 Å². The summed E-state index contributed by atoms with van der Waals surface area (Å²) in [5.41, 5.74) is 6.96. The number of ether oxygens (including phenoxy) is 2. The predicted octanol–water partition coefficient (Wildman–Crippen LogP) is 3.33. The van der Waals surface area contributed by atoms with Gasteiger partial charge in [0.25, 0.3) is 5.91 Å². The lowest BCUT2D eigenvalue weighted by atomic mass is 9.88. The molecular formula is C23H26N2O6S. The van der Waals surface area contributed by atoms with Gasteiger partial charge in [0.15, 0.2) is 6.10 Å². The Bertz CT molecular complexity index is 1040. The summed E-state index contributed by atoms with van der Waals surface area (Å²) in [6.45, 7) is 5.57. The van der Waals surface area contributed by atoms with E-state index in [0.717, 1.165) is 29.7 Å². The molecule has 1 heterocycles. The Hall–Kier alpha value is -3.20. The van der Waals surface area contributed by atoms with Crippen molar-refractivity contribution in [3.8, 4) is 0 Å². The van der Waals surface area contributed by atoms with E-state index in [1.165, 1.54) is 42.5 Å². The Labute approximate surface area is 190 Å². The first kappa shape index (κ1) is 23.5. The zero-order chi connectivity index (χ0) is 23.4. The van der Waals surface area contributed by atoms with E-state index in [-0.39, 0.29) is 17.7 Å². The minimum Gasteiger partial charge on any atom is -0.462 e. The highest BCUT2D eigenvalue weighted by molar-refractivity contribution is 7.17. The number of hydrogen-bond donors (Lipinski definition) is 2. The minimum absolute atomic E-state index is 0.183. The fourth-order valence-corrected chi connectivity index (χ4v) is 4.93. The standard InChI is InChI=1S/C23H26N2O6S/c1-4-30-23(29)18-16-10-5-12(2)11-17(16)32-21(18)25-20(27)13(3)31-22(28)15-8-6-14(7-9-15)19(24)26/h6-9,12-13H,4-5,10-11H2,1-3H3,(H2,24,26)(H,25,27). The highest BCUT2D eigenvalue weighted by Gasteiger charge is 2.30. The molecule has 0 fully saturated rings. The molecule has 0 radical (unpaired) electrons. The molecule has 0 spiro atoms. The number of hydrogen-bond acceptors (Lipinski definition) is 7. The number of carbonyl (C=O) groups excluding carboxylic acids is 4. The van der Waals surface area contributed by atoms with E-state index in [2.05, 4.69) is 12.2 Å². The summed E-state index contributed by atoms with van der Waals surface area (Å²) in [6.07, 6.45) is 1.45. The van der Waals surface area contributed by atoms with Crippen molar-refractivity contribution in [2.24, 2.45) is 11.7 Å². The second kappa shape index (κ2) is 9.95. The van der Waals surface area contributed by atoms with Gasteiger partial charge in [-0.05, 0) is 68.9 Å². The van der Waals surface area contributed by atoms with Gasteiger partial charge >= 0.3 is 11.9 Å². The normalized spacial score (nSPS) is 15.9.